The minimum absolute atomic E-state index is 0.0264. The zero-order chi connectivity index (χ0) is 14.9. The van der Waals surface area contributed by atoms with Gasteiger partial charge in [-0.05, 0) is 36.7 Å². The van der Waals surface area contributed by atoms with Gasteiger partial charge in [0.1, 0.15) is 10.6 Å². The first-order valence-corrected chi connectivity index (χ1v) is 6.89. The monoisotopic (exact) mass is 330 g/mol. The molecule has 0 aliphatic rings. The molecule has 0 bridgehead atoms. The Hall–Kier alpha value is -1.63. The van der Waals surface area contributed by atoms with Crippen LogP contribution in [-0.4, -0.2) is 21.4 Å². The average molecular weight is 331 g/mol. The number of carbonyl (C=O) groups is 2. The van der Waals surface area contributed by atoms with Gasteiger partial charge in [-0.1, -0.05) is 23.2 Å². The Balaban J connectivity index is 2.33. The summed E-state index contributed by atoms with van der Waals surface area (Å²) in [5.41, 5.74) is 0.484. The number of nitrogens with one attached hydrogen (secondary N) is 1. The SMILES string of the molecule is Cc1nsc(NC(=O)c2cc(Cl)ccc2Cl)c1C(=O)O. The number of rotatable bonds is 3. The van der Waals surface area contributed by atoms with Crippen molar-refractivity contribution in [2.75, 3.05) is 5.32 Å². The van der Waals surface area contributed by atoms with Crippen molar-refractivity contribution in [3.05, 3.63) is 45.1 Å². The van der Waals surface area contributed by atoms with E-state index in [9.17, 15) is 9.59 Å². The molecule has 0 saturated carbocycles. The minimum Gasteiger partial charge on any atom is -0.478 e. The van der Waals surface area contributed by atoms with Crippen LogP contribution in [0.25, 0.3) is 0 Å². The lowest BCUT2D eigenvalue weighted by Crippen LogP contribution is -2.14. The zero-order valence-corrected chi connectivity index (χ0v) is 12.4. The van der Waals surface area contributed by atoms with Crippen LogP contribution >= 0.6 is 34.7 Å². The third kappa shape index (κ3) is 2.92. The largest absolute Gasteiger partial charge is 0.478 e. The van der Waals surface area contributed by atoms with Crippen molar-refractivity contribution < 1.29 is 14.7 Å². The summed E-state index contributed by atoms with van der Waals surface area (Å²) in [4.78, 5) is 23.2. The molecule has 0 unspecified atom stereocenters. The van der Waals surface area contributed by atoms with E-state index in [1.807, 2.05) is 0 Å². The number of anilines is 1. The number of hydrogen-bond acceptors (Lipinski definition) is 4. The van der Waals surface area contributed by atoms with Gasteiger partial charge >= 0.3 is 5.97 Å². The summed E-state index contributed by atoms with van der Waals surface area (Å²) in [5, 5.41) is 12.3. The van der Waals surface area contributed by atoms with Crippen LogP contribution in [0.4, 0.5) is 5.00 Å². The van der Waals surface area contributed by atoms with Crippen LogP contribution in [0.1, 0.15) is 26.4 Å². The summed E-state index contributed by atoms with van der Waals surface area (Å²) in [7, 11) is 0. The molecule has 0 atom stereocenters. The second kappa shape index (κ2) is 5.78. The molecule has 20 heavy (non-hydrogen) atoms. The van der Waals surface area contributed by atoms with Crippen LogP contribution < -0.4 is 5.32 Å². The van der Waals surface area contributed by atoms with Gasteiger partial charge in [-0.25, -0.2) is 4.79 Å². The first-order chi connectivity index (χ1) is 9.40. The number of carbonyl (C=O) groups excluding carboxylic acids is 1. The highest BCUT2D eigenvalue weighted by molar-refractivity contribution is 7.11. The number of benzene rings is 1. The normalized spacial score (nSPS) is 10.3. The third-order valence-electron chi connectivity index (χ3n) is 2.48. The van der Waals surface area contributed by atoms with Gasteiger partial charge in [0.25, 0.3) is 5.91 Å². The number of carboxylic acid groups (broad SMARTS) is 1. The van der Waals surface area contributed by atoms with Crippen molar-refractivity contribution in [2.24, 2.45) is 0 Å². The summed E-state index contributed by atoms with van der Waals surface area (Å²) in [6.45, 7) is 1.56. The standard InChI is InChI=1S/C12H8Cl2N2O3S/c1-5-9(12(18)19)11(20-16-5)15-10(17)7-4-6(13)2-3-8(7)14/h2-4H,1H3,(H,15,17)(H,18,19). The Bertz CT molecular complexity index is 700. The van der Waals surface area contributed by atoms with Gasteiger partial charge in [0.15, 0.2) is 0 Å². The molecule has 5 nitrogen and oxygen atoms in total. The van der Waals surface area contributed by atoms with Gasteiger partial charge in [0, 0.05) is 5.02 Å². The van der Waals surface area contributed by atoms with Crippen molar-refractivity contribution in [1.29, 1.82) is 0 Å². The Labute approximate surface area is 128 Å². The zero-order valence-electron chi connectivity index (χ0n) is 10.1. The first kappa shape index (κ1) is 14.8. The molecule has 0 saturated heterocycles. The lowest BCUT2D eigenvalue weighted by atomic mass is 10.2. The van der Waals surface area contributed by atoms with Gasteiger partial charge in [-0.15, -0.1) is 0 Å². The van der Waals surface area contributed by atoms with Gasteiger partial charge in [-0.3, -0.25) is 4.79 Å². The highest BCUT2D eigenvalue weighted by Crippen LogP contribution is 2.27. The highest BCUT2D eigenvalue weighted by Gasteiger charge is 2.20. The number of aryl methyl sites for hydroxylation is 1. The first-order valence-electron chi connectivity index (χ1n) is 5.36. The summed E-state index contributed by atoms with van der Waals surface area (Å²) in [5.74, 6) is -1.69. The van der Waals surface area contributed by atoms with Crippen LogP contribution in [0.5, 0.6) is 0 Å². The molecule has 1 amide bonds. The predicted octanol–water partition coefficient (Wildman–Crippen LogP) is 3.71. The summed E-state index contributed by atoms with van der Waals surface area (Å²) >= 11 is 12.6. The topological polar surface area (TPSA) is 79.3 Å². The lowest BCUT2D eigenvalue weighted by Gasteiger charge is -2.06. The minimum atomic E-state index is -1.15. The molecule has 0 aliphatic heterocycles. The molecule has 0 fully saturated rings. The van der Waals surface area contributed by atoms with Gasteiger partial charge in [0.05, 0.1) is 16.3 Å². The highest BCUT2D eigenvalue weighted by atomic mass is 35.5. The number of halogens is 2. The van der Waals surface area contributed by atoms with Gasteiger partial charge in [-0.2, -0.15) is 4.37 Å². The molecule has 2 rings (SSSR count). The van der Waals surface area contributed by atoms with E-state index in [2.05, 4.69) is 9.69 Å². The fraction of sp³-hybridized carbons (Fsp3) is 0.0833. The number of aromatic carboxylic acids is 1. The average Bonchev–Trinajstić information content (AvgIpc) is 2.73. The molecule has 1 aromatic heterocycles. The number of carboxylic acids is 1. The smallest absolute Gasteiger partial charge is 0.340 e. The van der Waals surface area contributed by atoms with Crippen molar-refractivity contribution in [3.8, 4) is 0 Å². The molecule has 2 N–H and O–H groups in total. The summed E-state index contributed by atoms with van der Waals surface area (Å²) in [6, 6.07) is 4.46. The maximum atomic E-state index is 12.1. The van der Waals surface area contributed by atoms with Crippen molar-refractivity contribution >= 4 is 51.6 Å². The molecule has 8 heteroatoms. The Morgan fingerprint density at radius 3 is 2.70 bits per heavy atom. The van der Waals surface area contributed by atoms with E-state index in [1.54, 1.807) is 13.0 Å². The molecule has 0 spiro atoms. The molecule has 0 aliphatic carbocycles. The maximum absolute atomic E-state index is 12.1. The molecule has 2 aromatic rings. The Kier molecular flexibility index (Phi) is 4.27. The number of nitrogens with zero attached hydrogens (tertiary/aromatic N) is 1. The third-order valence-corrected chi connectivity index (χ3v) is 3.90. The van der Waals surface area contributed by atoms with Crippen LogP contribution in [0.2, 0.25) is 10.0 Å². The van der Waals surface area contributed by atoms with Crippen molar-refractivity contribution in [3.63, 3.8) is 0 Å². The molecular formula is C12H8Cl2N2O3S. The van der Waals surface area contributed by atoms with Crippen LogP contribution in [0.3, 0.4) is 0 Å². The molecule has 0 radical (unpaired) electrons. The van der Waals surface area contributed by atoms with E-state index < -0.39 is 11.9 Å². The molecule has 1 heterocycles. The van der Waals surface area contributed by atoms with Crippen molar-refractivity contribution in [2.45, 2.75) is 6.92 Å². The van der Waals surface area contributed by atoms with Crippen LogP contribution in [0, 0.1) is 6.92 Å². The fourth-order valence-electron chi connectivity index (χ4n) is 1.55. The summed E-state index contributed by atoms with van der Waals surface area (Å²) < 4.78 is 3.91. The predicted molar refractivity (Wildman–Crippen MR) is 78.2 cm³/mol. The van der Waals surface area contributed by atoms with Crippen LogP contribution in [0.15, 0.2) is 18.2 Å². The number of aromatic nitrogens is 1. The van der Waals surface area contributed by atoms with Gasteiger partial charge < -0.3 is 10.4 Å². The lowest BCUT2D eigenvalue weighted by molar-refractivity contribution is 0.0697. The van der Waals surface area contributed by atoms with E-state index in [1.165, 1.54) is 12.1 Å². The van der Waals surface area contributed by atoms with E-state index in [-0.39, 0.29) is 21.2 Å². The van der Waals surface area contributed by atoms with Crippen LogP contribution in [-0.2, 0) is 0 Å². The molecule has 104 valence electrons. The second-order valence-electron chi connectivity index (χ2n) is 3.86. The van der Waals surface area contributed by atoms with Gasteiger partial charge in [0.2, 0.25) is 0 Å². The van der Waals surface area contributed by atoms with E-state index >= 15 is 0 Å². The van der Waals surface area contributed by atoms with Crippen molar-refractivity contribution in [1.82, 2.24) is 4.37 Å². The number of hydrogen-bond donors (Lipinski definition) is 2. The fourth-order valence-corrected chi connectivity index (χ4v) is 2.71. The maximum Gasteiger partial charge on any atom is 0.340 e. The van der Waals surface area contributed by atoms with E-state index in [4.69, 9.17) is 28.3 Å². The second-order valence-corrected chi connectivity index (χ2v) is 5.47. The molecule has 1 aromatic carbocycles. The Morgan fingerprint density at radius 2 is 2.05 bits per heavy atom. The van der Waals surface area contributed by atoms with E-state index in [0.29, 0.717) is 10.7 Å². The Morgan fingerprint density at radius 1 is 1.35 bits per heavy atom. The quantitative estimate of drug-likeness (QED) is 0.899. The van der Waals surface area contributed by atoms with E-state index in [0.717, 1.165) is 11.5 Å². The molecular weight excluding hydrogens is 323 g/mol. The number of amides is 1. The summed E-state index contributed by atoms with van der Waals surface area (Å²) in [6.07, 6.45) is 0.